The van der Waals surface area contributed by atoms with Gasteiger partial charge in [-0.15, -0.1) is 0 Å². The predicted molar refractivity (Wildman–Crippen MR) is 122 cm³/mol. The Kier molecular flexibility index (Phi) is 7.63. The van der Waals surface area contributed by atoms with Crippen LogP contribution in [0.4, 0.5) is 5.69 Å². The molecule has 5 heteroatoms. The quantitative estimate of drug-likeness (QED) is 0.743. The Morgan fingerprint density at radius 3 is 2.27 bits per heavy atom. The van der Waals surface area contributed by atoms with Crippen LogP contribution in [-0.2, 0) is 11.3 Å². The van der Waals surface area contributed by atoms with Crippen LogP contribution in [0, 0.1) is 12.8 Å². The Morgan fingerprint density at radius 2 is 1.63 bits per heavy atom. The minimum Gasteiger partial charge on any atom is -0.339 e. The van der Waals surface area contributed by atoms with Gasteiger partial charge in [0.05, 0.1) is 11.3 Å². The van der Waals surface area contributed by atoms with Crippen molar-refractivity contribution in [2.45, 2.75) is 40.2 Å². The number of carbonyl (C=O) groups is 2. The number of likely N-dealkylation sites (tertiary alicyclic amines) is 1. The molecule has 160 valence electrons. The molecule has 0 bridgehead atoms. The molecule has 0 radical (unpaired) electrons. The Morgan fingerprint density at radius 1 is 1.00 bits per heavy atom. The Balaban J connectivity index is 1.57. The molecule has 5 nitrogen and oxygen atoms in total. The van der Waals surface area contributed by atoms with Gasteiger partial charge in [0.25, 0.3) is 5.91 Å². The first-order valence-electron chi connectivity index (χ1n) is 11.0. The van der Waals surface area contributed by atoms with E-state index in [1.807, 2.05) is 32.0 Å². The maximum Gasteiger partial charge on any atom is 0.255 e. The standard InChI is InChI=1S/C25H33N3O2/c1-4-28(5-2)25(30)22-8-6-7-9-23(22)26-24(29)21-14-16-27(17-15-21)18-20-12-10-19(3)11-13-20/h6-13,21H,4-5,14-18H2,1-3H3,(H,26,29). The van der Waals surface area contributed by atoms with Gasteiger partial charge in [0.1, 0.15) is 0 Å². The number of aryl methyl sites for hydroxylation is 1. The van der Waals surface area contributed by atoms with Gasteiger partial charge in [-0.25, -0.2) is 0 Å². The van der Waals surface area contributed by atoms with Crippen molar-refractivity contribution < 1.29 is 9.59 Å². The molecule has 0 atom stereocenters. The molecule has 3 rings (SSSR count). The Bertz CT molecular complexity index is 851. The molecule has 0 aliphatic carbocycles. The van der Waals surface area contributed by atoms with E-state index in [0.717, 1.165) is 32.5 Å². The lowest BCUT2D eigenvalue weighted by Crippen LogP contribution is -2.38. The van der Waals surface area contributed by atoms with Crippen molar-refractivity contribution in [1.82, 2.24) is 9.80 Å². The van der Waals surface area contributed by atoms with Gasteiger partial charge >= 0.3 is 0 Å². The minimum atomic E-state index is -0.0381. The molecular formula is C25H33N3O2. The fourth-order valence-electron chi connectivity index (χ4n) is 4.00. The van der Waals surface area contributed by atoms with Crippen LogP contribution in [0.25, 0.3) is 0 Å². The van der Waals surface area contributed by atoms with Crippen LogP contribution in [0.15, 0.2) is 48.5 Å². The van der Waals surface area contributed by atoms with E-state index in [0.29, 0.717) is 24.3 Å². The Hall–Kier alpha value is -2.66. The van der Waals surface area contributed by atoms with Crippen LogP contribution >= 0.6 is 0 Å². The lowest BCUT2D eigenvalue weighted by molar-refractivity contribution is -0.121. The average Bonchev–Trinajstić information content (AvgIpc) is 2.77. The summed E-state index contributed by atoms with van der Waals surface area (Å²) in [4.78, 5) is 29.9. The molecule has 0 unspecified atom stereocenters. The second-order valence-electron chi connectivity index (χ2n) is 8.05. The Labute approximate surface area is 180 Å². The summed E-state index contributed by atoms with van der Waals surface area (Å²) in [5, 5.41) is 3.03. The van der Waals surface area contributed by atoms with Crippen LogP contribution < -0.4 is 5.32 Å². The maximum absolute atomic E-state index is 12.9. The second-order valence-corrected chi connectivity index (χ2v) is 8.05. The third-order valence-corrected chi connectivity index (χ3v) is 5.95. The number of anilines is 1. The molecule has 1 fully saturated rings. The van der Waals surface area contributed by atoms with E-state index in [9.17, 15) is 9.59 Å². The molecule has 1 heterocycles. The van der Waals surface area contributed by atoms with Crippen molar-refractivity contribution in [2.75, 3.05) is 31.5 Å². The number of hydrogen-bond donors (Lipinski definition) is 1. The number of piperidine rings is 1. The van der Waals surface area contributed by atoms with E-state index in [2.05, 4.69) is 41.4 Å². The normalized spacial score (nSPS) is 15.0. The lowest BCUT2D eigenvalue weighted by atomic mass is 9.95. The van der Waals surface area contributed by atoms with Gasteiger partial charge in [0, 0.05) is 25.6 Å². The number of rotatable bonds is 7. The van der Waals surface area contributed by atoms with Crippen molar-refractivity contribution >= 4 is 17.5 Å². The topological polar surface area (TPSA) is 52.7 Å². The van der Waals surface area contributed by atoms with Gasteiger partial charge in [-0.3, -0.25) is 14.5 Å². The number of nitrogens with one attached hydrogen (secondary N) is 1. The van der Waals surface area contributed by atoms with Gasteiger partial charge in [0.2, 0.25) is 5.91 Å². The van der Waals surface area contributed by atoms with Gasteiger partial charge < -0.3 is 10.2 Å². The summed E-state index contributed by atoms with van der Waals surface area (Å²) in [6.07, 6.45) is 1.67. The summed E-state index contributed by atoms with van der Waals surface area (Å²) in [6.45, 7) is 10.1. The molecule has 2 aromatic rings. The smallest absolute Gasteiger partial charge is 0.255 e. The zero-order chi connectivity index (χ0) is 21.5. The van der Waals surface area contributed by atoms with E-state index >= 15 is 0 Å². The lowest BCUT2D eigenvalue weighted by Gasteiger charge is -2.31. The van der Waals surface area contributed by atoms with Gasteiger partial charge in [-0.05, 0) is 64.4 Å². The molecule has 1 aliphatic rings. The number of carbonyl (C=O) groups excluding carboxylic acids is 2. The number of benzene rings is 2. The molecule has 30 heavy (non-hydrogen) atoms. The molecule has 2 amide bonds. The number of hydrogen-bond acceptors (Lipinski definition) is 3. The molecule has 0 saturated carbocycles. The highest BCUT2D eigenvalue weighted by Crippen LogP contribution is 2.23. The minimum absolute atomic E-state index is 0.0177. The van der Waals surface area contributed by atoms with Crippen molar-refractivity contribution in [2.24, 2.45) is 5.92 Å². The van der Waals surface area contributed by atoms with Crippen LogP contribution in [0.1, 0.15) is 48.2 Å². The maximum atomic E-state index is 12.9. The van der Waals surface area contributed by atoms with Gasteiger partial charge in [-0.1, -0.05) is 42.0 Å². The fourth-order valence-corrected chi connectivity index (χ4v) is 4.00. The van der Waals surface area contributed by atoms with E-state index in [4.69, 9.17) is 0 Å². The summed E-state index contributed by atoms with van der Waals surface area (Å²) < 4.78 is 0. The summed E-state index contributed by atoms with van der Waals surface area (Å²) >= 11 is 0. The molecule has 1 saturated heterocycles. The van der Waals surface area contributed by atoms with Crippen LogP contribution in [0.2, 0.25) is 0 Å². The highest BCUT2D eigenvalue weighted by Gasteiger charge is 2.26. The van der Waals surface area contributed by atoms with Crippen LogP contribution in [0.5, 0.6) is 0 Å². The number of para-hydroxylation sites is 1. The molecular weight excluding hydrogens is 374 g/mol. The van der Waals surface area contributed by atoms with Gasteiger partial charge in [0.15, 0.2) is 0 Å². The second kappa shape index (κ2) is 10.4. The average molecular weight is 408 g/mol. The SMILES string of the molecule is CCN(CC)C(=O)c1ccccc1NC(=O)C1CCN(Cc2ccc(C)cc2)CC1. The number of amides is 2. The molecule has 1 N–H and O–H groups in total. The van der Waals surface area contributed by atoms with Crippen LogP contribution in [0.3, 0.4) is 0 Å². The van der Waals surface area contributed by atoms with Gasteiger partial charge in [-0.2, -0.15) is 0 Å². The third kappa shape index (κ3) is 5.48. The van der Waals surface area contributed by atoms with Crippen molar-refractivity contribution in [3.63, 3.8) is 0 Å². The largest absolute Gasteiger partial charge is 0.339 e. The molecule has 2 aromatic carbocycles. The van der Waals surface area contributed by atoms with Crippen molar-refractivity contribution in [3.05, 3.63) is 65.2 Å². The highest BCUT2D eigenvalue weighted by molar-refractivity contribution is 6.04. The summed E-state index contributed by atoms with van der Waals surface area (Å²) in [7, 11) is 0. The third-order valence-electron chi connectivity index (χ3n) is 5.95. The molecule has 0 aromatic heterocycles. The van der Waals surface area contributed by atoms with Crippen molar-refractivity contribution in [1.29, 1.82) is 0 Å². The zero-order valence-electron chi connectivity index (χ0n) is 18.4. The van der Waals surface area contributed by atoms with E-state index in [1.165, 1.54) is 11.1 Å². The highest BCUT2D eigenvalue weighted by atomic mass is 16.2. The first kappa shape index (κ1) is 22.0. The van der Waals surface area contributed by atoms with Crippen LogP contribution in [-0.4, -0.2) is 47.8 Å². The predicted octanol–water partition coefficient (Wildman–Crippen LogP) is 4.33. The van der Waals surface area contributed by atoms with Crippen molar-refractivity contribution in [3.8, 4) is 0 Å². The summed E-state index contributed by atoms with van der Waals surface area (Å²) in [6, 6.07) is 16.0. The molecule has 0 spiro atoms. The van der Waals surface area contributed by atoms with E-state index < -0.39 is 0 Å². The first-order valence-corrected chi connectivity index (χ1v) is 11.0. The number of nitrogens with zero attached hydrogens (tertiary/aromatic N) is 2. The summed E-state index contributed by atoms with van der Waals surface area (Å²) in [5.41, 5.74) is 3.76. The summed E-state index contributed by atoms with van der Waals surface area (Å²) in [5.74, 6) is -0.0375. The van der Waals surface area contributed by atoms with E-state index in [-0.39, 0.29) is 17.7 Å². The zero-order valence-corrected chi connectivity index (χ0v) is 18.4. The fraction of sp³-hybridized carbons (Fsp3) is 0.440. The monoisotopic (exact) mass is 407 g/mol. The van der Waals surface area contributed by atoms with E-state index in [1.54, 1.807) is 11.0 Å². The first-order chi connectivity index (χ1) is 14.5. The molecule has 1 aliphatic heterocycles.